The summed E-state index contributed by atoms with van der Waals surface area (Å²) in [5, 5.41) is 0.183. The molecule has 0 radical (unpaired) electrons. The van der Waals surface area contributed by atoms with Gasteiger partial charge in [0.1, 0.15) is 6.54 Å². The molecule has 1 unspecified atom stereocenters. The normalized spacial score (nSPS) is 18.0. The highest BCUT2D eigenvalue weighted by Gasteiger charge is 2.46. The van der Waals surface area contributed by atoms with Crippen LogP contribution >= 0.6 is 0 Å². The number of para-hydroxylation sites is 2. The van der Waals surface area contributed by atoms with Gasteiger partial charge < -0.3 is 14.4 Å². The van der Waals surface area contributed by atoms with Crippen LogP contribution in [0, 0.1) is 0 Å². The van der Waals surface area contributed by atoms with Crippen LogP contribution in [0.15, 0.2) is 58.1 Å². The first kappa shape index (κ1) is 29.2. The summed E-state index contributed by atoms with van der Waals surface area (Å²) in [4.78, 5) is 54.2. The lowest BCUT2D eigenvalue weighted by Crippen LogP contribution is -2.66. The molecule has 42 heavy (non-hydrogen) atoms. The summed E-state index contributed by atoms with van der Waals surface area (Å²) in [6.45, 7) is 12.1. The second-order valence-corrected chi connectivity index (χ2v) is 11.8. The Kier molecular flexibility index (Phi) is 7.51. The van der Waals surface area contributed by atoms with E-state index in [1.165, 1.54) is 0 Å². The van der Waals surface area contributed by atoms with E-state index in [4.69, 9.17) is 9.47 Å². The summed E-state index contributed by atoms with van der Waals surface area (Å²) in [6, 6.07) is 15.1. The topological polar surface area (TPSA) is 93.0 Å². The van der Waals surface area contributed by atoms with Crippen molar-refractivity contribution in [3.8, 4) is 0 Å². The number of benzene rings is 2. The summed E-state index contributed by atoms with van der Waals surface area (Å²) in [5.41, 5.74) is 2.71. The van der Waals surface area contributed by atoms with Gasteiger partial charge in [-0.15, -0.1) is 0 Å². The minimum atomic E-state index is -0.554. The lowest BCUT2D eigenvalue weighted by molar-refractivity contribution is -0.427. The van der Waals surface area contributed by atoms with E-state index in [0.29, 0.717) is 5.71 Å². The summed E-state index contributed by atoms with van der Waals surface area (Å²) >= 11 is 0. The Labute approximate surface area is 244 Å². The van der Waals surface area contributed by atoms with Gasteiger partial charge in [0.2, 0.25) is 23.1 Å². The maximum absolute atomic E-state index is 13.6. The molecule has 8 heteroatoms. The number of hydrogen-bond donors (Lipinski definition) is 0. The minimum absolute atomic E-state index is 0.000993. The van der Waals surface area contributed by atoms with Crippen molar-refractivity contribution in [2.45, 2.75) is 58.4 Å². The third kappa shape index (κ3) is 4.68. The zero-order valence-electron chi connectivity index (χ0n) is 25.0. The number of hydrogen-bond acceptors (Lipinski definition) is 7. The van der Waals surface area contributed by atoms with Gasteiger partial charge in [-0.25, -0.2) is 4.79 Å². The molecule has 0 amide bonds. The van der Waals surface area contributed by atoms with E-state index in [9.17, 15) is 19.2 Å². The number of ether oxygens (including phenoxy) is 2. The van der Waals surface area contributed by atoms with Crippen LogP contribution in [0.1, 0.15) is 52.7 Å². The molecule has 0 N–H and O–H groups in total. The van der Waals surface area contributed by atoms with Gasteiger partial charge >= 0.3 is 11.9 Å². The molecule has 2 aliphatic heterocycles. The molecule has 0 bridgehead atoms. The van der Waals surface area contributed by atoms with Crippen molar-refractivity contribution in [2.75, 3.05) is 31.2 Å². The number of fused-ring (bicyclic) bond motifs is 2. The molecule has 3 aromatic carbocycles. The van der Waals surface area contributed by atoms with Gasteiger partial charge in [0.25, 0.3) is 0 Å². The molecular formula is C34H37N2O6+. The minimum Gasteiger partial charge on any atom is -0.465 e. The van der Waals surface area contributed by atoms with Crippen molar-refractivity contribution in [1.82, 2.24) is 0 Å². The molecule has 0 saturated heterocycles. The van der Waals surface area contributed by atoms with Gasteiger partial charge in [-0.2, -0.15) is 4.58 Å². The highest BCUT2D eigenvalue weighted by Crippen LogP contribution is 2.45. The average Bonchev–Trinajstić information content (AvgIpc) is 3.29. The average molecular weight is 570 g/mol. The second kappa shape index (κ2) is 10.8. The first-order valence-corrected chi connectivity index (χ1v) is 14.4. The van der Waals surface area contributed by atoms with Crippen LogP contribution in [-0.2, 0) is 29.9 Å². The fourth-order valence-electron chi connectivity index (χ4n) is 6.41. The maximum atomic E-state index is 13.6. The molecule has 1 atom stereocenters. The van der Waals surface area contributed by atoms with Crippen LogP contribution in [0.5, 0.6) is 0 Å². The predicted molar refractivity (Wildman–Crippen MR) is 163 cm³/mol. The molecule has 8 nitrogen and oxygen atoms in total. The summed E-state index contributed by atoms with van der Waals surface area (Å²) in [6.07, 6.45) is 3.34. The Morgan fingerprint density at radius 2 is 1.45 bits per heavy atom. The molecular weight excluding hydrogens is 532 g/mol. The molecule has 0 saturated carbocycles. The molecule has 2 heterocycles. The lowest BCUT2D eigenvalue weighted by atomic mass is 9.79. The van der Waals surface area contributed by atoms with Crippen LogP contribution in [-0.4, -0.2) is 54.6 Å². The first-order valence-electron chi connectivity index (χ1n) is 14.4. The lowest BCUT2D eigenvalue weighted by Gasteiger charge is -2.31. The van der Waals surface area contributed by atoms with Crippen molar-refractivity contribution < 1.29 is 23.6 Å². The van der Waals surface area contributed by atoms with Crippen LogP contribution < -0.4 is 26.2 Å². The largest absolute Gasteiger partial charge is 0.465 e. The third-order valence-electron chi connectivity index (χ3n) is 8.56. The standard InChI is InChI=1S/C34H37N2O6/c1-7-41-29(37)19-35-25-15-11-9-13-23(25)33(3,4)27(35)17-21-31(39)22(32(21)40)18-28-34(5,6)24-14-10-12-16-26(24)36(28)20-30(38)42-8-2/h9-18,27H,7-8,19-20H2,1-6H3/q+1. The van der Waals surface area contributed by atoms with Crippen LogP contribution in [0.2, 0.25) is 0 Å². The fraction of sp³-hybridized carbons (Fsp3) is 0.382. The summed E-state index contributed by atoms with van der Waals surface area (Å²) in [5.74, 6) is -0.765. The molecule has 0 aliphatic carbocycles. The van der Waals surface area contributed by atoms with Crippen molar-refractivity contribution >= 4 is 41.2 Å². The van der Waals surface area contributed by atoms with E-state index in [0.717, 1.165) is 22.5 Å². The number of anilines is 1. The van der Waals surface area contributed by atoms with Gasteiger partial charge in [-0.05, 0) is 45.4 Å². The third-order valence-corrected chi connectivity index (χ3v) is 8.56. The molecule has 2 aliphatic rings. The Balaban J connectivity index is 1.62. The zero-order valence-corrected chi connectivity index (χ0v) is 25.0. The van der Waals surface area contributed by atoms with Crippen molar-refractivity contribution in [1.29, 1.82) is 0 Å². The van der Waals surface area contributed by atoms with Gasteiger partial charge in [-0.1, -0.05) is 50.2 Å². The molecule has 218 valence electrons. The smallest absolute Gasteiger partial charge is 0.372 e. The van der Waals surface area contributed by atoms with Crippen LogP contribution in [0.3, 0.4) is 0 Å². The number of carbonyl (C=O) groups is 2. The predicted octanol–water partition coefficient (Wildman–Crippen LogP) is 2.21. The summed E-state index contributed by atoms with van der Waals surface area (Å²) in [7, 11) is 0. The second-order valence-electron chi connectivity index (χ2n) is 11.8. The van der Waals surface area contributed by atoms with Gasteiger partial charge in [-0.3, -0.25) is 14.4 Å². The number of nitrogens with zero attached hydrogens (tertiary/aromatic N) is 2. The van der Waals surface area contributed by atoms with E-state index in [1.807, 2.05) is 85.7 Å². The molecule has 0 aromatic heterocycles. The SMILES string of the molecule is CCOC(=O)CN1c2ccccc2C(C)(C)C1C=c1c(=O)c(=CC2=[N+](CC(=O)OCC)c3ccccc3C2(C)C)c1=O. The molecule has 5 rings (SSSR count). The Morgan fingerprint density at radius 1 is 0.857 bits per heavy atom. The zero-order chi connectivity index (χ0) is 30.4. The van der Waals surface area contributed by atoms with Gasteiger partial charge in [0, 0.05) is 28.8 Å². The van der Waals surface area contributed by atoms with Gasteiger partial charge in [0.05, 0.1) is 35.1 Å². The van der Waals surface area contributed by atoms with E-state index in [-0.39, 0.29) is 53.6 Å². The highest BCUT2D eigenvalue weighted by atomic mass is 16.5. The van der Waals surface area contributed by atoms with Crippen molar-refractivity contribution in [2.24, 2.45) is 0 Å². The quantitative estimate of drug-likeness (QED) is 0.303. The number of esters is 2. The van der Waals surface area contributed by atoms with E-state index < -0.39 is 22.8 Å². The van der Waals surface area contributed by atoms with Crippen molar-refractivity contribution in [3.63, 3.8) is 0 Å². The molecule has 0 fully saturated rings. The summed E-state index contributed by atoms with van der Waals surface area (Å²) < 4.78 is 12.3. The Morgan fingerprint density at radius 3 is 2.12 bits per heavy atom. The Bertz CT molecular complexity index is 1770. The number of rotatable bonds is 8. The van der Waals surface area contributed by atoms with Crippen molar-refractivity contribution in [3.05, 3.63) is 90.5 Å². The monoisotopic (exact) mass is 569 g/mol. The highest BCUT2D eigenvalue weighted by molar-refractivity contribution is 6.15. The maximum Gasteiger partial charge on any atom is 0.372 e. The Hall–Kier alpha value is -4.33. The van der Waals surface area contributed by atoms with Crippen LogP contribution in [0.4, 0.5) is 11.4 Å². The fourth-order valence-corrected chi connectivity index (χ4v) is 6.41. The van der Waals surface area contributed by atoms with E-state index >= 15 is 0 Å². The van der Waals surface area contributed by atoms with Crippen LogP contribution in [0.25, 0.3) is 12.2 Å². The van der Waals surface area contributed by atoms with E-state index in [1.54, 1.807) is 26.0 Å². The first-order chi connectivity index (χ1) is 19.9. The number of carbonyl (C=O) groups excluding carboxylic acids is 2. The molecule has 3 aromatic rings. The van der Waals surface area contributed by atoms with E-state index in [2.05, 4.69) is 0 Å². The molecule has 0 spiro atoms. The van der Waals surface area contributed by atoms with Gasteiger partial charge in [0.15, 0.2) is 5.71 Å².